The van der Waals surface area contributed by atoms with E-state index in [0.717, 1.165) is 4.90 Å². The van der Waals surface area contributed by atoms with E-state index >= 15 is 0 Å². The maximum atomic E-state index is 13.8. The normalized spacial score (nSPS) is 18.9. The number of nitrogens with two attached hydrogens (primary N) is 1. The van der Waals surface area contributed by atoms with Gasteiger partial charge in [-0.2, -0.15) is 5.26 Å². The summed E-state index contributed by atoms with van der Waals surface area (Å²) in [5.41, 5.74) is 1.38. The Balaban J connectivity index is 2.13. The molecule has 2 aromatic rings. The molecule has 0 bridgehead atoms. The van der Waals surface area contributed by atoms with Crippen LogP contribution < -0.4 is 10.0 Å². The van der Waals surface area contributed by atoms with E-state index in [4.69, 9.17) is 16.7 Å². The summed E-state index contributed by atoms with van der Waals surface area (Å²) in [6.45, 7) is 6.29. The number of primary sulfonamides is 1. The second-order valence-corrected chi connectivity index (χ2v) is 12.4. The summed E-state index contributed by atoms with van der Waals surface area (Å²) in [7, 11) is -4.00. The van der Waals surface area contributed by atoms with Crippen LogP contribution >= 0.6 is 11.6 Å². The van der Waals surface area contributed by atoms with E-state index in [9.17, 15) is 28.1 Å². The molecular formula is C28H27ClN4O5S. The third kappa shape index (κ3) is 5.26. The number of rotatable bonds is 4. The average molecular weight is 567 g/mol. The Kier molecular flexibility index (Phi) is 7.29. The van der Waals surface area contributed by atoms with Gasteiger partial charge in [0.25, 0.3) is 0 Å². The van der Waals surface area contributed by atoms with Crippen molar-refractivity contribution < 1.29 is 22.8 Å². The minimum absolute atomic E-state index is 0.00921. The molecule has 0 aromatic heterocycles. The van der Waals surface area contributed by atoms with Gasteiger partial charge in [0.05, 0.1) is 22.5 Å². The van der Waals surface area contributed by atoms with Crippen molar-refractivity contribution in [1.29, 1.82) is 5.26 Å². The lowest BCUT2D eigenvalue weighted by atomic mass is 9.68. The van der Waals surface area contributed by atoms with E-state index in [0.29, 0.717) is 34.0 Å². The van der Waals surface area contributed by atoms with Gasteiger partial charge < -0.3 is 0 Å². The van der Waals surface area contributed by atoms with Crippen LogP contribution in [-0.4, -0.2) is 30.9 Å². The fourth-order valence-corrected chi connectivity index (χ4v) is 5.90. The molecule has 39 heavy (non-hydrogen) atoms. The molecule has 1 aliphatic carbocycles. The summed E-state index contributed by atoms with van der Waals surface area (Å²) in [4.78, 5) is 41.9. The van der Waals surface area contributed by atoms with Gasteiger partial charge in [-0.15, -0.1) is 0 Å². The van der Waals surface area contributed by atoms with Crippen molar-refractivity contribution in [2.75, 3.05) is 4.90 Å². The SMILES string of the molecule is CC(=O)N(C(C)=O)C1=C(C#N)C(c2ccc(Cl)cc2)C2=C(CC(C)(C)CC2=O)N1c1ccc(S(N)(=O)=O)cc1. The highest BCUT2D eigenvalue weighted by Gasteiger charge is 2.47. The zero-order valence-electron chi connectivity index (χ0n) is 21.9. The van der Waals surface area contributed by atoms with Gasteiger partial charge in [-0.05, 0) is 53.8 Å². The highest BCUT2D eigenvalue weighted by molar-refractivity contribution is 7.89. The van der Waals surface area contributed by atoms with Crippen LogP contribution in [0.3, 0.4) is 0 Å². The minimum Gasteiger partial charge on any atom is -0.298 e. The van der Waals surface area contributed by atoms with Gasteiger partial charge in [0.1, 0.15) is 5.82 Å². The third-order valence-electron chi connectivity index (χ3n) is 6.79. The van der Waals surface area contributed by atoms with Crippen LogP contribution in [0.25, 0.3) is 0 Å². The highest BCUT2D eigenvalue weighted by Crippen LogP contribution is 2.51. The first-order chi connectivity index (χ1) is 18.2. The second-order valence-electron chi connectivity index (χ2n) is 10.4. The van der Waals surface area contributed by atoms with Gasteiger partial charge >= 0.3 is 0 Å². The summed E-state index contributed by atoms with van der Waals surface area (Å²) in [6, 6.07) is 14.4. The number of allylic oxidation sites excluding steroid dienone is 3. The quantitative estimate of drug-likeness (QED) is 0.579. The van der Waals surface area contributed by atoms with Crippen molar-refractivity contribution in [2.24, 2.45) is 10.6 Å². The third-order valence-corrected chi connectivity index (χ3v) is 7.97. The van der Waals surface area contributed by atoms with Crippen molar-refractivity contribution in [3.05, 3.63) is 81.8 Å². The molecule has 9 nitrogen and oxygen atoms in total. The molecule has 1 atom stereocenters. The smallest absolute Gasteiger partial charge is 0.238 e. The number of ketones is 1. The topological polar surface area (TPSA) is 142 Å². The second kappa shape index (κ2) is 10.1. The Morgan fingerprint density at radius 1 is 1.05 bits per heavy atom. The molecule has 0 saturated carbocycles. The monoisotopic (exact) mass is 566 g/mol. The van der Waals surface area contributed by atoms with E-state index < -0.39 is 33.2 Å². The summed E-state index contributed by atoms with van der Waals surface area (Å²) < 4.78 is 23.8. The van der Waals surface area contributed by atoms with Crippen LogP contribution in [0.4, 0.5) is 5.69 Å². The standard InChI is InChI=1S/C28H27ClN4O5S/c1-16(34)32(17(2)35)27-22(15-30)25(18-5-7-19(29)8-6-18)26-23(13-28(3,4)14-24(26)36)33(27)20-9-11-21(12-10-20)39(31,37)38/h5-12,25H,13-14H2,1-4H3,(H2,31,37,38). The van der Waals surface area contributed by atoms with Gasteiger partial charge in [0.2, 0.25) is 21.8 Å². The fraction of sp³-hybridized carbons (Fsp3) is 0.286. The molecule has 1 aliphatic heterocycles. The van der Waals surface area contributed by atoms with Gasteiger partial charge in [-0.3, -0.25) is 19.3 Å². The molecule has 1 unspecified atom stereocenters. The molecule has 11 heteroatoms. The van der Waals surface area contributed by atoms with Crippen LogP contribution in [0.1, 0.15) is 52.0 Å². The molecule has 0 radical (unpaired) electrons. The summed E-state index contributed by atoms with van der Waals surface area (Å²) in [6.07, 6.45) is 0.603. The Hall–Kier alpha value is -3.78. The Bertz CT molecular complexity index is 1590. The maximum absolute atomic E-state index is 13.8. The first kappa shape index (κ1) is 28.2. The van der Waals surface area contributed by atoms with Crippen molar-refractivity contribution in [1.82, 2.24) is 4.90 Å². The van der Waals surface area contributed by atoms with Crippen LogP contribution in [-0.2, 0) is 24.4 Å². The number of hydrogen-bond acceptors (Lipinski definition) is 7. The molecule has 0 saturated heterocycles. The van der Waals surface area contributed by atoms with E-state index in [2.05, 4.69) is 6.07 Å². The molecule has 0 spiro atoms. The molecule has 2 N–H and O–H groups in total. The lowest BCUT2D eigenvalue weighted by Crippen LogP contribution is -2.47. The van der Waals surface area contributed by atoms with Crippen LogP contribution in [0.5, 0.6) is 0 Å². The number of nitrogens with zero attached hydrogens (tertiary/aromatic N) is 3. The van der Waals surface area contributed by atoms with Crippen LogP contribution in [0.15, 0.2) is 76.1 Å². The van der Waals surface area contributed by atoms with Gasteiger partial charge in [-0.25, -0.2) is 18.5 Å². The lowest BCUT2D eigenvalue weighted by Gasteiger charge is -2.46. The Morgan fingerprint density at radius 2 is 1.62 bits per heavy atom. The number of nitriles is 1. The number of benzene rings is 2. The van der Waals surface area contributed by atoms with Crippen molar-refractivity contribution >= 4 is 44.9 Å². The largest absolute Gasteiger partial charge is 0.298 e. The first-order valence-electron chi connectivity index (χ1n) is 12.1. The lowest BCUT2D eigenvalue weighted by molar-refractivity contribution is -0.139. The highest BCUT2D eigenvalue weighted by atomic mass is 35.5. The van der Waals surface area contributed by atoms with Gasteiger partial charge in [0, 0.05) is 42.2 Å². The molecule has 1 heterocycles. The van der Waals surface area contributed by atoms with Crippen molar-refractivity contribution in [3.8, 4) is 6.07 Å². The number of carbonyl (C=O) groups is 3. The summed E-state index contributed by atoms with van der Waals surface area (Å²) in [5.74, 6) is -2.29. The van der Waals surface area contributed by atoms with E-state index in [1.165, 1.54) is 38.1 Å². The molecule has 2 amide bonds. The number of hydrogen-bond donors (Lipinski definition) is 1. The minimum atomic E-state index is -4.00. The molecule has 0 fully saturated rings. The summed E-state index contributed by atoms with van der Waals surface area (Å²) >= 11 is 6.12. The first-order valence-corrected chi connectivity index (χ1v) is 14.0. The predicted octanol–water partition coefficient (Wildman–Crippen LogP) is 4.36. The Morgan fingerprint density at radius 3 is 2.10 bits per heavy atom. The number of anilines is 1. The van der Waals surface area contributed by atoms with E-state index in [1.54, 1.807) is 29.2 Å². The van der Waals surface area contributed by atoms with Crippen LogP contribution in [0, 0.1) is 16.7 Å². The molecular weight excluding hydrogens is 540 g/mol. The molecule has 2 aliphatic rings. The molecule has 4 rings (SSSR count). The zero-order chi connectivity index (χ0) is 28.9. The van der Waals surface area contributed by atoms with Crippen LogP contribution in [0.2, 0.25) is 5.02 Å². The van der Waals surface area contributed by atoms with E-state index in [-0.39, 0.29) is 28.5 Å². The van der Waals surface area contributed by atoms with E-state index in [1.807, 2.05) is 13.8 Å². The van der Waals surface area contributed by atoms with Gasteiger partial charge in [-0.1, -0.05) is 37.6 Å². The van der Waals surface area contributed by atoms with Gasteiger partial charge in [0.15, 0.2) is 5.78 Å². The number of imide groups is 1. The van der Waals surface area contributed by atoms with Crippen molar-refractivity contribution in [3.63, 3.8) is 0 Å². The maximum Gasteiger partial charge on any atom is 0.238 e. The predicted molar refractivity (Wildman–Crippen MR) is 145 cm³/mol. The number of Topliss-reactive ketones (excluding diaryl/α,β-unsaturated/α-hetero) is 1. The molecule has 202 valence electrons. The zero-order valence-corrected chi connectivity index (χ0v) is 23.4. The average Bonchev–Trinajstić information content (AvgIpc) is 2.82. The number of carbonyl (C=O) groups excluding carboxylic acids is 3. The number of amides is 2. The number of sulfonamides is 1. The fourth-order valence-electron chi connectivity index (χ4n) is 5.26. The summed E-state index contributed by atoms with van der Waals surface area (Å²) in [5, 5.41) is 16.3. The van der Waals surface area contributed by atoms with Crippen molar-refractivity contribution in [2.45, 2.75) is 51.3 Å². The Labute approximate surface area is 232 Å². The number of halogens is 1. The molecule has 2 aromatic carbocycles.